The van der Waals surface area contributed by atoms with Crippen molar-refractivity contribution in [2.24, 2.45) is 0 Å². The number of aromatic amines is 1. The van der Waals surface area contributed by atoms with E-state index in [1.54, 1.807) is 0 Å². The van der Waals surface area contributed by atoms with E-state index in [1.807, 2.05) is 24.4 Å². The second kappa shape index (κ2) is 4.42. The van der Waals surface area contributed by atoms with Crippen LogP contribution in [0, 0.1) is 0 Å². The van der Waals surface area contributed by atoms with Gasteiger partial charge in [-0.05, 0) is 18.4 Å². The molecular formula is C15H14N2. The van der Waals surface area contributed by atoms with Crippen LogP contribution in [-0.4, -0.2) is 9.97 Å². The molecule has 3 rings (SSSR count). The summed E-state index contributed by atoms with van der Waals surface area (Å²) in [6, 6.07) is 10.2. The van der Waals surface area contributed by atoms with Gasteiger partial charge in [-0.1, -0.05) is 48.6 Å². The molecule has 2 aromatic rings. The van der Waals surface area contributed by atoms with Gasteiger partial charge in [-0.25, -0.2) is 4.98 Å². The van der Waals surface area contributed by atoms with Crippen molar-refractivity contribution in [3.63, 3.8) is 0 Å². The first-order chi connectivity index (χ1) is 8.43. The van der Waals surface area contributed by atoms with E-state index in [-0.39, 0.29) is 0 Å². The van der Waals surface area contributed by atoms with Crippen molar-refractivity contribution in [3.05, 3.63) is 60.5 Å². The molecular weight excluding hydrogens is 208 g/mol. The fourth-order valence-electron chi connectivity index (χ4n) is 2.02. The third-order valence-corrected chi connectivity index (χ3v) is 2.92. The van der Waals surface area contributed by atoms with Gasteiger partial charge in [0.1, 0.15) is 5.82 Å². The van der Waals surface area contributed by atoms with Crippen molar-refractivity contribution in [2.45, 2.75) is 12.8 Å². The van der Waals surface area contributed by atoms with Crippen LogP contribution in [0.3, 0.4) is 0 Å². The van der Waals surface area contributed by atoms with Crippen LogP contribution in [-0.2, 0) is 0 Å². The second-order valence-electron chi connectivity index (χ2n) is 4.14. The van der Waals surface area contributed by atoms with Gasteiger partial charge in [0.15, 0.2) is 0 Å². The fourth-order valence-corrected chi connectivity index (χ4v) is 2.02. The highest BCUT2D eigenvalue weighted by atomic mass is 14.9. The van der Waals surface area contributed by atoms with Crippen LogP contribution in [0.1, 0.15) is 18.5 Å². The third kappa shape index (κ3) is 2.07. The van der Waals surface area contributed by atoms with Gasteiger partial charge in [0.2, 0.25) is 0 Å². The maximum atomic E-state index is 4.63. The quantitative estimate of drug-likeness (QED) is 0.822. The number of rotatable bonds is 2. The Morgan fingerprint density at radius 2 is 1.94 bits per heavy atom. The summed E-state index contributed by atoms with van der Waals surface area (Å²) in [5.41, 5.74) is 3.37. The zero-order valence-corrected chi connectivity index (χ0v) is 9.56. The number of benzene rings is 1. The molecule has 1 aliphatic rings. The largest absolute Gasteiger partial charge is 0.344 e. The first kappa shape index (κ1) is 10.1. The minimum Gasteiger partial charge on any atom is -0.344 e. The number of H-pyrrole nitrogens is 1. The number of nitrogens with zero attached hydrogens (tertiary/aromatic N) is 1. The summed E-state index contributed by atoms with van der Waals surface area (Å²) in [6.07, 6.45) is 10.8. The van der Waals surface area contributed by atoms with E-state index in [4.69, 9.17) is 0 Å². The van der Waals surface area contributed by atoms with Gasteiger partial charge < -0.3 is 4.98 Å². The predicted octanol–water partition coefficient (Wildman–Crippen LogP) is 3.81. The van der Waals surface area contributed by atoms with E-state index in [0.717, 1.165) is 29.9 Å². The van der Waals surface area contributed by atoms with Gasteiger partial charge in [0.25, 0.3) is 0 Å². The maximum Gasteiger partial charge on any atom is 0.138 e. The van der Waals surface area contributed by atoms with E-state index in [2.05, 4.69) is 40.3 Å². The van der Waals surface area contributed by atoms with Crippen LogP contribution >= 0.6 is 0 Å². The Labute approximate surface area is 101 Å². The summed E-state index contributed by atoms with van der Waals surface area (Å²) >= 11 is 0. The Balaban J connectivity index is 1.93. The molecule has 1 heterocycles. The molecule has 1 aromatic heterocycles. The van der Waals surface area contributed by atoms with Gasteiger partial charge >= 0.3 is 0 Å². The molecule has 0 radical (unpaired) electrons. The first-order valence-corrected chi connectivity index (χ1v) is 5.91. The van der Waals surface area contributed by atoms with Crippen LogP contribution in [0.15, 0.2) is 54.8 Å². The summed E-state index contributed by atoms with van der Waals surface area (Å²) in [5.74, 6) is 0.931. The predicted molar refractivity (Wildman–Crippen MR) is 70.4 cm³/mol. The molecule has 0 unspecified atom stereocenters. The number of aromatic nitrogens is 2. The average Bonchev–Trinajstić information content (AvgIpc) is 2.90. The molecule has 0 atom stereocenters. The van der Waals surface area contributed by atoms with Crippen molar-refractivity contribution < 1.29 is 0 Å². The van der Waals surface area contributed by atoms with E-state index in [0.29, 0.717) is 0 Å². The zero-order valence-electron chi connectivity index (χ0n) is 9.56. The summed E-state index contributed by atoms with van der Waals surface area (Å²) in [7, 11) is 0. The van der Waals surface area contributed by atoms with Crippen LogP contribution in [0.2, 0.25) is 0 Å². The Morgan fingerprint density at radius 3 is 2.71 bits per heavy atom. The second-order valence-corrected chi connectivity index (χ2v) is 4.14. The molecule has 17 heavy (non-hydrogen) atoms. The SMILES string of the molecule is C1=CC(c2c[nH]c(-c3ccccc3)n2)=CCC1. The number of hydrogen-bond acceptors (Lipinski definition) is 1. The van der Waals surface area contributed by atoms with Crippen LogP contribution in [0.4, 0.5) is 0 Å². The Hall–Kier alpha value is -2.09. The molecule has 0 saturated carbocycles. The van der Waals surface area contributed by atoms with Crippen molar-refractivity contribution >= 4 is 5.57 Å². The Morgan fingerprint density at radius 1 is 1.06 bits per heavy atom. The zero-order chi connectivity index (χ0) is 11.5. The summed E-state index contributed by atoms with van der Waals surface area (Å²) in [5, 5.41) is 0. The van der Waals surface area contributed by atoms with E-state index in [1.165, 1.54) is 5.57 Å². The molecule has 1 N–H and O–H groups in total. The van der Waals surface area contributed by atoms with Gasteiger partial charge in [-0.15, -0.1) is 0 Å². The standard InChI is InChI=1S/C15H14N2/c1-3-7-12(8-4-1)14-11-16-15(17-14)13-9-5-2-6-10-13/h2-3,5-11H,1,4H2,(H,16,17). The van der Waals surface area contributed by atoms with Crippen molar-refractivity contribution in [1.82, 2.24) is 9.97 Å². The number of hydrogen-bond donors (Lipinski definition) is 1. The summed E-state index contributed by atoms with van der Waals surface area (Å²) < 4.78 is 0. The molecule has 1 aliphatic carbocycles. The van der Waals surface area contributed by atoms with E-state index < -0.39 is 0 Å². The fraction of sp³-hybridized carbons (Fsp3) is 0.133. The topological polar surface area (TPSA) is 28.7 Å². The highest BCUT2D eigenvalue weighted by molar-refractivity contribution is 5.73. The van der Waals surface area contributed by atoms with E-state index >= 15 is 0 Å². The average molecular weight is 222 g/mol. The number of imidazole rings is 1. The highest BCUT2D eigenvalue weighted by Crippen LogP contribution is 2.22. The molecule has 0 fully saturated rings. The third-order valence-electron chi connectivity index (χ3n) is 2.92. The van der Waals surface area contributed by atoms with Gasteiger partial charge in [0, 0.05) is 11.8 Å². The van der Waals surface area contributed by atoms with Crippen LogP contribution < -0.4 is 0 Å². The molecule has 2 heteroatoms. The molecule has 0 saturated heterocycles. The van der Waals surface area contributed by atoms with Gasteiger partial charge in [-0.2, -0.15) is 0 Å². The Kier molecular flexibility index (Phi) is 2.62. The van der Waals surface area contributed by atoms with Crippen molar-refractivity contribution in [3.8, 4) is 11.4 Å². The minimum atomic E-state index is 0.931. The van der Waals surface area contributed by atoms with Crippen LogP contribution in [0.5, 0.6) is 0 Å². The molecule has 2 nitrogen and oxygen atoms in total. The molecule has 0 aliphatic heterocycles. The number of nitrogens with one attached hydrogen (secondary N) is 1. The Bertz CT molecular complexity index is 562. The van der Waals surface area contributed by atoms with Crippen molar-refractivity contribution in [2.75, 3.05) is 0 Å². The lowest BCUT2D eigenvalue weighted by Gasteiger charge is -2.02. The number of allylic oxidation sites excluding steroid dienone is 4. The van der Waals surface area contributed by atoms with Crippen LogP contribution in [0.25, 0.3) is 17.0 Å². The molecule has 1 aromatic carbocycles. The van der Waals surface area contributed by atoms with Gasteiger partial charge in [0.05, 0.1) is 5.69 Å². The summed E-state index contributed by atoms with van der Waals surface area (Å²) in [4.78, 5) is 7.86. The monoisotopic (exact) mass is 222 g/mol. The summed E-state index contributed by atoms with van der Waals surface area (Å²) in [6.45, 7) is 0. The van der Waals surface area contributed by atoms with Crippen molar-refractivity contribution in [1.29, 1.82) is 0 Å². The molecule has 0 spiro atoms. The smallest absolute Gasteiger partial charge is 0.138 e. The minimum absolute atomic E-state index is 0.931. The normalized spacial score (nSPS) is 14.7. The van der Waals surface area contributed by atoms with E-state index in [9.17, 15) is 0 Å². The lowest BCUT2D eigenvalue weighted by molar-refractivity contribution is 1.04. The van der Waals surface area contributed by atoms with Gasteiger partial charge in [-0.3, -0.25) is 0 Å². The molecule has 0 bridgehead atoms. The maximum absolute atomic E-state index is 4.63. The lowest BCUT2D eigenvalue weighted by atomic mass is 10.1. The first-order valence-electron chi connectivity index (χ1n) is 5.91. The molecule has 84 valence electrons. The highest BCUT2D eigenvalue weighted by Gasteiger charge is 2.07. The lowest BCUT2D eigenvalue weighted by Crippen LogP contribution is -1.86. The molecule has 0 amide bonds.